The Hall–Kier alpha value is -0.430. The highest BCUT2D eigenvalue weighted by molar-refractivity contribution is 14.1. The molecule has 1 aromatic heterocycles. The summed E-state index contributed by atoms with van der Waals surface area (Å²) < 4.78 is 6.47. The van der Waals surface area contributed by atoms with Crippen LogP contribution >= 0.6 is 22.6 Å². The molecule has 0 spiro atoms. The average Bonchev–Trinajstić information content (AvgIpc) is 2.18. The first-order valence-corrected chi connectivity index (χ1v) is 6.03. The Labute approximate surface area is 104 Å². The molecule has 0 aliphatic heterocycles. The van der Waals surface area contributed by atoms with Gasteiger partial charge in [-0.25, -0.2) is 9.97 Å². The molecule has 4 nitrogen and oxygen atoms in total. The molecule has 1 atom stereocenters. The lowest BCUT2D eigenvalue weighted by Crippen LogP contribution is -2.15. The minimum atomic E-state index is -0.0747. The van der Waals surface area contributed by atoms with E-state index in [0.717, 1.165) is 3.57 Å². The fourth-order valence-corrected chi connectivity index (χ4v) is 1.54. The van der Waals surface area contributed by atoms with Crippen molar-refractivity contribution in [3.63, 3.8) is 0 Å². The van der Waals surface area contributed by atoms with Gasteiger partial charge in [-0.05, 0) is 35.4 Å². The van der Waals surface area contributed by atoms with Crippen LogP contribution in [0.5, 0.6) is 0 Å². The molecule has 0 aliphatic rings. The number of ether oxygens (including phenoxy) is 1. The maximum absolute atomic E-state index is 5.74. The first-order chi connectivity index (χ1) is 7.06. The van der Waals surface area contributed by atoms with Crippen LogP contribution in [0, 0.1) is 9.49 Å². The van der Waals surface area contributed by atoms with Crippen LogP contribution in [0.2, 0.25) is 0 Å². The largest absolute Gasteiger partial charge is 0.383 e. The summed E-state index contributed by atoms with van der Waals surface area (Å²) >= 11 is 2.11. The van der Waals surface area contributed by atoms with Crippen molar-refractivity contribution in [3.8, 4) is 0 Å². The summed E-state index contributed by atoms with van der Waals surface area (Å²) in [7, 11) is 0. The lowest BCUT2D eigenvalue weighted by atomic mass is 10.1. The number of rotatable bonds is 4. The van der Waals surface area contributed by atoms with Crippen molar-refractivity contribution in [2.24, 2.45) is 5.92 Å². The molecule has 0 fully saturated rings. The summed E-state index contributed by atoms with van der Waals surface area (Å²) in [4.78, 5) is 8.50. The molecular formula is C10H16IN3O. The Morgan fingerprint density at radius 2 is 2.20 bits per heavy atom. The van der Waals surface area contributed by atoms with Gasteiger partial charge in [0, 0.05) is 12.8 Å². The van der Waals surface area contributed by atoms with Crippen LogP contribution in [0.4, 0.5) is 5.82 Å². The smallest absolute Gasteiger partial charge is 0.159 e. The summed E-state index contributed by atoms with van der Waals surface area (Å²) in [6.45, 7) is 6.78. The van der Waals surface area contributed by atoms with E-state index in [4.69, 9.17) is 10.5 Å². The van der Waals surface area contributed by atoms with Gasteiger partial charge in [-0.1, -0.05) is 13.8 Å². The van der Waals surface area contributed by atoms with Gasteiger partial charge in [0.1, 0.15) is 11.9 Å². The van der Waals surface area contributed by atoms with Crippen molar-refractivity contribution in [2.75, 3.05) is 12.3 Å². The fourth-order valence-electron chi connectivity index (χ4n) is 1.28. The molecule has 0 saturated heterocycles. The van der Waals surface area contributed by atoms with Crippen molar-refractivity contribution in [1.29, 1.82) is 0 Å². The van der Waals surface area contributed by atoms with Gasteiger partial charge < -0.3 is 10.5 Å². The lowest BCUT2D eigenvalue weighted by molar-refractivity contribution is 0.0233. The standard InChI is InChI=1S/C10H16IN3O/c1-4-15-8(6(2)3)10-13-5-7(11)9(12)14-10/h5-6,8H,4H2,1-3H3,(H2,12,13,14). The molecule has 0 aliphatic carbocycles. The van der Waals surface area contributed by atoms with Crippen molar-refractivity contribution >= 4 is 28.4 Å². The molecule has 1 rings (SSSR count). The van der Waals surface area contributed by atoms with E-state index in [1.807, 2.05) is 6.92 Å². The summed E-state index contributed by atoms with van der Waals surface area (Å²) in [6, 6.07) is 0. The van der Waals surface area contributed by atoms with Crippen LogP contribution < -0.4 is 5.73 Å². The second-order valence-corrected chi connectivity index (χ2v) is 4.74. The molecule has 15 heavy (non-hydrogen) atoms. The monoisotopic (exact) mass is 321 g/mol. The third kappa shape index (κ3) is 3.27. The number of nitrogens with zero attached hydrogens (tertiary/aromatic N) is 2. The van der Waals surface area contributed by atoms with Gasteiger partial charge in [0.2, 0.25) is 0 Å². The predicted octanol–water partition coefficient (Wildman–Crippen LogP) is 2.40. The molecule has 1 unspecified atom stereocenters. The van der Waals surface area contributed by atoms with Crippen LogP contribution in [0.15, 0.2) is 6.20 Å². The summed E-state index contributed by atoms with van der Waals surface area (Å²) in [6.07, 6.45) is 1.65. The SMILES string of the molecule is CCOC(c1ncc(I)c(N)n1)C(C)C. The van der Waals surface area contributed by atoms with Gasteiger partial charge in [0.15, 0.2) is 5.82 Å². The number of anilines is 1. The Morgan fingerprint density at radius 1 is 1.53 bits per heavy atom. The van der Waals surface area contributed by atoms with E-state index >= 15 is 0 Å². The average molecular weight is 321 g/mol. The molecule has 0 saturated carbocycles. The molecule has 1 aromatic rings. The number of halogens is 1. The molecule has 0 aromatic carbocycles. The van der Waals surface area contributed by atoms with E-state index in [1.165, 1.54) is 0 Å². The third-order valence-corrected chi connectivity index (χ3v) is 2.83. The van der Waals surface area contributed by atoms with Crippen molar-refractivity contribution < 1.29 is 4.74 Å². The fraction of sp³-hybridized carbons (Fsp3) is 0.600. The van der Waals surface area contributed by atoms with Crippen LogP contribution in [-0.4, -0.2) is 16.6 Å². The van der Waals surface area contributed by atoms with Gasteiger partial charge in [0.25, 0.3) is 0 Å². The zero-order chi connectivity index (χ0) is 11.4. The van der Waals surface area contributed by atoms with Crippen molar-refractivity contribution in [1.82, 2.24) is 9.97 Å². The van der Waals surface area contributed by atoms with Crippen LogP contribution in [-0.2, 0) is 4.74 Å². The highest BCUT2D eigenvalue weighted by Crippen LogP contribution is 2.24. The van der Waals surface area contributed by atoms with E-state index < -0.39 is 0 Å². The molecule has 1 heterocycles. The van der Waals surface area contributed by atoms with Crippen molar-refractivity contribution in [3.05, 3.63) is 15.6 Å². The molecule has 0 bridgehead atoms. The zero-order valence-electron chi connectivity index (χ0n) is 9.20. The molecule has 84 valence electrons. The minimum Gasteiger partial charge on any atom is -0.383 e. The summed E-state index contributed by atoms with van der Waals surface area (Å²) in [5.41, 5.74) is 5.74. The lowest BCUT2D eigenvalue weighted by Gasteiger charge is -2.19. The Bertz CT molecular complexity index is 330. The van der Waals surface area contributed by atoms with Gasteiger partial charge in [-0.3, -0.25) is 0 Å². The highest BCUT2D eigenvalue weighted by atomic mass is 127. The predicted molar refractivity (Wildman–Crippen MR) is 68.4 cm³/mol. The maximum Gasteiger partial charge on any atom is 0.159 e. The van der Waals surface area contributed by atoms with E-state index in [9.17, 15) is 0 Å². The van der Waals surface area contributed by atoms with Gasteiger partial charge >= 0.3 is 0 Å². The molecule has 0 radical (unpaired) electrons. The number of nitrogens with two attached hydrogens (primary N) is 1. The number of aromatic nitrogens is 2. The van der Waals surface area contributed by atoms with E-state index in [-0.39, 0.29) is 6.10 Å². The van der Waals surface area contributed by atoms with Crippen LogP contribution in [0.1, 0.15) is 32.7 Å². The molecular weight excluding hydrogens is 305 g/mol. The van der Waals surface area contributed by atoms with Crippen molar-refractivity contribution in [2.45, 2.75) is 26.9 Å². The molecule has 2 N–H and O–H groups in total. The molecule has 5 heteroatoms. The van der Waals surface area contributed by atoms with Crippen LogP contribution in [0.3, 0.4) is 0 Å². The Balaban J connectivity index is 2.95. The summed E-state index contributed by atoms with van der Waals surface area (Å²) in [5.74, 6) is 1.53. The highest BCUT2D eigenvalue weighted by Gasteiger charge is 2.19. The normalized spacial score (nSPS) is 13.1. The Kier molecular flexibility index (Phi) is 4.72. The first kappa shape index (κ1) is 12.6. The maximum atomic E-state index is 5.74. The zero-order valence-corrected chi connectivity index (χ0v) is 11.4. The van der Waals surface area contributed by atoms with E-state index in [2.05, 4.69) is 46.4 Å². The topological polar surface area (TPSA) is 61.0 Å². The number of nitrogen functional groups attached to an aromatic ring is 1. The number of hydrogen-bond acceptors (Lipinski definition) is 4. The minimum absolute atomic E-state index is 0.0747. The quantitative estimate of drug-likeness (QED) is 0.865. The van der Waals surface area contributed by atoms with Crippen LogP contribution in [0.25, 0.3) is 0 Å². The van der Waals surface area contributed by atoms with Gasteiger partial charge in [0.05, 0.1) is 3.57 Å². The second-order valence-electron chi connectivity index (χ2n) is 3.58. The van der Waals surface area contributed by atoms with Gasteiger partial charge in [-0.15, -0.1) is 0 Å². The second kappa shape index (κ2) is 5.60. The Morgan fingerprint density at radius 3 is 2.67 bits per heavy atom. The molecule has 0 amide bonds. The summed E-state index contributed by atoms with van der Waals surface area (Å²) in [5, 5.41) is 0. The first-order valence-electron chi connectivity index (χ1n) is 4.95. The van der Waals surface area contributed by atoms with Gasteiger partial charge in [-0.2, -0.15) is 0 Å². The van der Waals surface area contributed by atoms with E-state index in [0.29, 0.717) is 24.2 Å². The number of hydrogen-bond donors (Lipinski definition) is 1. The van der Waals surface area contributed by atoms with E-state index in [1.54, 1.807) is 6.20 Å². The third-order valence-electron chi connectivity index (χ3n) is 2.00.